The molecule has 0 atom stereocenters. The summed E-state index contributed by atoms with van der Waals surface area (Å²) in [4.78, 5) is 9.10. The fourth-order valence-electron chi connectivity index (χ4n) is 3.08. The molecule has 0 saturated heterocycles. The van der Waals surface area contributed by atoms with Gasteiger partial charge in [0.2, 0.25) is 0 Å². The number of aromatic nitrogens is 2. The molecule has 124 valence electrons. The Morgan fingerprint density at radius 1 is 0.654 bits per heavy atom. The van der Waals surface area contributed by atoms with E-state index in [9.17, 15) is 0 Å². The molecule has 0 amide bonds. The summed E-state index contributed by atoms with van der Waals surface area (Å²) in [5, 5.41) is 0. The van der Waals surface area contributed by atoms with Gasteiger partial charge in [0.1, 0.15) is 5.49 Å². The third-order valence-corrected chi connectivity index (χ3v) is 4.25. The second-order valence-electron chi connectivity index (χ2n) is 5.99. The molecule has 2 aromatic carbocycles. The normalized spacial score (nSPS) is 11.3. The zero-order valence-electron chi connectivity index (χ0n) is 14.3. The third-order valence-electron chi connectivity index (χ3n) is 4.25. The van der Waals surface area contributed by atoms with Crippen LogP contribution in [0.5, 0.6) is 0 Å². The van der Waals surface area contributed by atoms with Crippen molar-refractivity contribution in [3.8, 4) is 0 Å². The SMILES string of the molecule is c1ccc(B(c2ccccc2)n2cccc/c2=N\c2ccccn2)cc1. The Labute approximate surface area is 153 Å². The molecule has 2 aromatic heterocycles. The van der Waals surface area contributed by atoms with Crippen LogP contribution in [0, 0.1) is 0 Å². The van der Waals surface area contributed by atoms with Gasteiger partial charge in [0.25, 0.3) is 0 Å². The summed E-state index contributed by atoms with van der Waals surface area (Å²) in [5.74, 6) is 0.701. The van der Waals surface area contributed by atoms with E-state index in [1.54, 1.807) is 6.20 Å². The highest BCUT2D eigenvalue weighted by Gasteiger charge is 2.22. The number of pyridine rings is 2. The molecular formula is C22H18BN3. The highest BCUT2D eigenvalue weighted by atomic mass is 15.0. The maximum absolute atomic E-state index is 4.76. The summed E-state index contributed by atoms with van der Waals surface area (Å²) in [5.41, 5.74) is 3.30. The molecule has 0 aliphatic heterocycles. The van der Waals surface area contributed by atoms with E-state index < -0.39 is 0 Å². The lowest BCUT2D eigenvalue weighted by atomic mass is 9.50. The highest BCUT2D eigenvalue weighted by molar-refractivity contribution is 6.83. The summed E-state index contributed by atoms with van der Waals surface area (Å²) in [7, 11) is 0. The molecule has 2 heterocycles. The first kappa shape index (κ1) is 16.1. The first-order chi connectivity index (χ1) is 12.9. The van der Waals surface area contributed by atoms with E-state index in [2.05, 4.69) is 64.2 Å². The van der Waals surface area contributed by atoms with E-state index in [-0.39, 0.29) is 6.85 Å². The molecular weight excluding hydrogens is 317 g/mol. The molecule has 0 saturated carbocycles. The van der Waals surface area contributed by atoms with Crippen LogP contribution in [0.3, 0.4) is 0 Å². The smallest absolute Gasteiger partial charge is 0.328 e. The third kappa shape index (κ3) is 3.49. The molecule has 26 heavy (non-hydrogen) atoms. The van der Waals surface area contributed by atoms with Crippen molar-refractivity contribution in [2.75, 3.05) is 0 Å². The van der Waals surface area contributed by atoms with E-state index in [0.29, 0.717) is 5.82 Å². The minimum absolute atomic E-state index is 0.0427. The molecule has 0 N–H and O–H groups in total. The molecule has 4 aromatic rings. The Balaban J connectivity index is 1.92. The van der Waals surface area contributed by atoms with Crippen LogP contribution in [0.4, 0.5) is 5.82 Å². The summed E-state index contributed by atoms with van der Waals surface area (Å²) in [6.07, 6.45) is 3.84. The molecule has 3 nitrogen and oxygen atoms in total. The van der Waals surface area contributed by atoms with Crippen molar-refractivity contribution in [2.24, 2.45) is 4.99 Å². The van der Waals surface area contributed by atoms with Crippen LogP contribution in [0.2, 0.25) is 0 Å². The van der Waals surface area contributed by atoms with Gasteiger partial charge in [0.15, 0.2) is 5.82 Å². The number of rotatable bonds is 4. The zero-order chi connectivity index (χ0) is 17.6. The van der Waals surface area contributed by atoms with E-state index in [0.717, 1.165) is 5.49 Å². The quantitative estimate of drug-likeness (QED) is 0.528. The van der Waals surface area contributed by atoms with Crippen molar-refractivity contribution in [3.05, 3.63) is 115 Å². The molecule has 4 heteroatoms. The standard InChI is InChI=1S/C22H18BN3/c1-3-11-19(12-4-1)23(20-13-5-2-6-14-20)26-18-10-8-16-22(26)25-21-15-7-9-17-24-21/h1-18H/b25-22+. The zero-order valence-corrected chi connectivity index (χ0v) is 14.3. The topological polar surface area (TPSA) is 30.2 Å². The predicted octanol–water partition coefficient (Wildman–Crippen LogP) is 2.77. The molecule has 0 aliphatic rings. The van der Waals surface area contributed by atoms with Gasteiger partial charge in [-0.2, -0.15) is 0 Å². The Morgan fingerprint density at radius 3 is 1.88 bits per heavy atom. The van der Waals surface area contributed by atoms with Gasteiger partial charge in [-0.3, -0.25) is 0 Å². The first-order valence-electron chi connectivity index (χ1n) is 8.65. The molecule has 0 aliphatic carbocycles. The lowest BCUT2D eigenvalue weighted by Gasteiger charge is -2.18. The molecule has 0 fully saturated rings. The van der Waals surface area contributed by atoms with Crippen LogP contribution in [0.15, 0.2) is 114 Å². The lowest BCUT2D eigenvalue weighted by Crippen LogP contribution is -2.52. The van der Waals surface area contributed by atoms with Gasteiger partial charge < -0.3 is 4.48 Å². The molecule has 0 spiro atoms. The molecule has 0 bridgehead atoms. The van der Waals surface area contributed by atoms with Gasteiger partial charge in [-0.1, -0.05) is 83.7 Å². The van der Waals surface area contributed by atoms with Crippen molar-refractivity contribution < 1.29 is 0 Å². The molecule has 0 radical (unpaired) electrons. The van der Waals surface area contributed by atoms with Crippen LogP contribution < -0.4 is 16.4 Å². The Morgan fingerprint density at radius 2 is 1.27 bits per heavy atom. The van der Waals surface area contributed by atoms with E-state index in [1.165, 1.54) is 10.9 Å². The Hall–Kier alpha value is -3.40. The summed E-state index contributed by atoms with van der Waals surface area (Å²) in [6, 6.07) is 32.8. The van der Waals surface area contributed by atoms with Crippen LogP contribution in [-0.2, 0) is 0 Å². The van der Waals surface area contributed by atoms with Crippen molar-refractivity contribution >= 4 is 23.6 Å². The minimum Gasteiger partial charge on any atom is -0.368 e. The predicted molar refractivity (Wildman–Crippen MR) is 107 cm³/mol. The van der Waals surface area contributed by atoms with Crippen molar-refractivity contribution in [3.63, 3.8) is 0 Å². The maximum Gasteiger partial charge on any atom is 0.328 e. The number of benzene rings is 2. The van der Waals surface area contributed by atoms with Crippen LogP contribution in [0.1, 0.15) is 0 Å². The second kappa shape index (κ2) is 7.66. The van der Waals surface area contributed by atoms with Crippen LogP contribution >= 0.6 is 0 Å². The van der Waals surface area contributed by atoms with Gasteiger partial charge in [-0.25, -0.2) is 9.98 Å². The fraction of sp³-hybridized carbons (Fsp3) is 0. The first-order valence-corrected chi connectivity index (χ1v) is 8.65. The number of hydrogen-bond acceptors (Lipinski definition) is 2. The molecule has 0 unspecified atom stereocenters. The summed E-state index contributed by atoms with van der Waals surface area (Å²) >= 11 is 0. The van der Waals surface area contributed by atoms with Crippen LogP contribution in [-0.4, -0.2) is 16.3 Å². The van der Waals surface area contributed by atoms with Crippen LogP contribution in [0.25, 0.3) is 0 Å². The molecule has 4 rings (SSSR count). The Bertz CT molecular complexity index is 989. The number of nitrogens with zero attached hydrogens (tertiary/aromatic N) is 3. The van der Waals surface area contributed by atoms with E-state index in [4.69, 9.17) is 4.99 Å². The average molecular weight is 335 g/mol. The summed E-state index contributed by atoms with van der Waals surface area (Å²) < 4.78 is 2.19. The fourth-order valence-corrected chi connectivity index (χ4v) is 3.08. The summed E-state index contributed by atoms with van der Waals surface area (Å²) in [6.45, 7) is 0.0427. The van der Waals surface area contributed by atoms with Crippen molar-refractivity contribution in [2.45, 2.75) is 0 Å². The van der Waals surface area contributed by atoms with Gasteiger partial charge in [0.05, 0.1) is 0 Å². The Kier molecular flexibility index (Phi) is 4.74. The van der Waals surface area contributed by atoms with Gasteiger partial charge >= 0.3 is 6.85 Å². The second-order valence-corrected chi connectivity index (χ2v) is 5.99. The van der Waals surface area contributed by atoms with E-state index in [1.807, 2.05) is 48.5 Å². The minimum atomic E-state index is 0.0427. The van der Waals surface area contributed by atoms with Gasteiger partial charge in [-0.15, -0.1) is 0 Å². The highest BCUT2D eigenvalue weighted by Crippen LogP contribution is 2.03. The van der Waals surface area contributed by atoms with E-state index >= 15 is 0 Å². The lowest BCUT2D eigenvalue weighted by molar-refractivity contribution is 1.03. The average Bonchev–Trinajstić information content (AvgIpc) is 2.72. The maximum atomic E-state index is 4.76. The largest absolute Gasteiger partial charge is 0.368 e. The monoisotopic (exact) mass is 335 g/mol. The van der Waals surface area contributed by atoms with Crippen molar-refractivity contribution in [1.82, 2.24) is 9.46 Å². The van der Waals surface area contributed by atoms with Crippen molar-refractivity contribution in [1.29, 1.82) is 0 Å². The van der Waals surface area contributed by atoms with Gasteiger partial charge in [-0.05, 0) is 30.5 Å². The number of hydrogen-bond donors (Lipinski definition) is 0. The van der Waals surface area contributed by atoms with Gasteiger partial charge in [0, 0.05) is 6.20 Å².